The number of carbonyl (C=O) groups excluding carboxylic acids is 1. The van der Waals surface area contributed by atoms with E-state index in [0.29, 0.717) is 29.7 Å². The molecule has 70 heavy (non-hydrogen) atoms. The molecule has 376 valence electrons. The molecule has 0 spiro atoms. The lowest BCUT2D eigenvalue weighted by Gasteiger charge is -2.20. The van der Waals surface area contributed by atoms with Gasteiger partial charge in [-0.2, -0.15) is 20.4 Å². The fourth-order valence-electron chi connectivity index (χ4n) is 9.72. The summed E-state index contributed by atoms with van der Waals surface area (Å²) in [6.45, 7) is 10.0. The number of hydrogen-bond acceptors (Lipinski definition) is 10. The SMILES string of the molecule is C.CN(C)CCC(c1ccccc1)n1cc(N)cn1.CN(C)CCC(c1ccccc1)n1cc(NC(=O)c2n[nH]c3c2CC2CC2C3)cn1.C[Si](C)(C)CCOCn1nc(C(=O)O)c2c1CC1CC1C2. The quantitative estimate of drug-likeness (QED) is 0.0478. The van der Waals surface area contributed by atoms with E-state index in [2.05, 4.69) is 137 Å². The maximum atomic E-state index is 12.9. The van der Waals surface area contributed by atoms with Crippen molar-refractivity contribution in [2.75, 3.05) is 58.9 Å². The Hall–Kier alpha value is -5.88. The molecule has 17 heteroatoms. The summed E-state index contributed by atoms with van der Waals surface area (Å²) in [5, 5.41) is 32.9. The monoisotopic (exact) mass is 973 g/mol. The maximum absolute atomic E-state index is 12.9. The van der Waals surface area contributed by atoms with Crippen molar-refractivity contribution < 1.29 is 19.4 Å². The number of nitrogens with one attached hydrogen (secondary N) is 2. The number of nitrogen functional groups attached to an aromatic ring is 1. The molecule has 2 saturated carbocycles. The van der Waals surface area contributed by atoms with E-state index in [0.717, 1.165) is 105 Å². The molecule has 5 N–H and O–H groups in total. The lowest BCUT2D eigenvalue weighted by Crippen LogP contribution is -2.22. The van der Waals surface area contributed by atoms with E-state index in [1.54, 1.807) is 17.1 Å². The first-order valence-electron chi connectivity index (χ1n) is 24.6. The van der Waals surface area contributed by atoms with Crippen LogP contribution in [-0.2, 0) is 37.2 Å². The molecule has 2 aromatic carbocycles. The van der Waals surface area contributed by atoms with Crippen molar-refractivity contribution in [3.05, 3.63) is 130 Å². The van der Waals surface area contributed by atoms with Crippen molar-refractivity contribution in [2.45, 2.75) is 103 Å². The summed E-state index contributed by atoms with van der Waals surface area (Å²) in [5.74, 6) is 1.91. The number of anilines is 2. The summed E-state index contributed by atoms with van der Waals surface area (Å²) >= 11 is 0. The molecule has 0 aliphatic heterocycles. The predicted molar refractivity (Wildman–Crippen MR) is 279 cm³/mol. The Bertz CT molecular complexity index is 2630. The number of amides is 1. The fraction of sp³-hybridized carbons (Fsp3) is 0.509. The number of nitrogens with two attached hydrogens (primary N) is 1. The van der Waals surface area contributed by atoms with Gasteiger partial charge in [0.15, 0.2) is 11.4 Å². The first-order chi connectivity index (χ1) is 33.1. The second kappa shape index (κ2) is 22.9. The maximum Gasteiger partial charge on any atom is 0.356 e. The predicted octanol–water partition coefficient (Wildman–Crippen LogP) is 8.41. The highest BCUT2D eigenvalue weighted by molar-refractivity contribution is 6.76. The van der Waals surface area contributed by atoms with Crippen LogP contribution in [0.1, 0.15) is 99.8 Å². The highest BCUT2D eigenvalue weighted by Crippen LogP contribution is 2.49. The van der Waals surface area contributed by atoms with Gasteiger partial charge in [0.2, 0.25) is 0 Å². The molecule has 1 amide bonds. The normalized spacial score (nSPS) is 19.2. The van der Waals surface area contributed by atoms with E-state index >= 15 is 0 Å². The van der Waals surface area contributed by atoms with Gasteiger partial charge in [-0.15, -0.1) is 0 Å². The van der Waals surface area contributed by atoms with Crippen LogP contribution in [0.25, 0.3) is 0 Å². The zero-order chi connectivity index (χ0) is 48.8. The van der Waals surface area contributed by atoms with Crippen LogP contribution in [0, 0.1) is 23.7 Å². The van der Waals surface area contributed by atoms with Crippen LogP contribution in [0.3, 0.4) is 0 Å². The Labute approximate surface area is 415 Å². The van der Waals surface area contributed by atoms with Gasteiger partial charge in [-0.1, -0.05) is 87.7 Å². The fourth-order valence-corrected chi connectivity index (χ4v) is 10.5. The van der Waals surface area contributed by atoms with Gasteiger partial charge in [-0.3, -0.25) is 19.3 Å². The van der Waals surface area contributed by atoms with Crippen molar-refractivity contribution in [1.82, 2.24) is 49.3 Å². The van der Waals surface area contributed by atoms with Crippen molar-refractivity contribution in [3.63, 3.8) is 0 Å². The van der Waals surface area contributed by atoms with Crippen LogP contribution in [0.15, 0.2) is 85.5 Å². The van der Waals surface area contributed by atoms with E-state index in [1.807, 2.05) is 33.9 Å². The second-order valence-electron chi connectivity index (χ2n) is 21.2. The van der Waals surface area contributed by atoms with Gasteiger partial charge in [-0.05, 0) is 133 Å². The first-order valence-corrected chi connectivity index (χ1v) is 28.3. The third kappa shape index (κ3) is 13.5. The highest BCUT2D eigenvalue weighted by atomic mass is 28.3. The van der Waals surface area contributed by atoms with Gasteiger partial charge in [0.05, 0.1) is 35.9 Å². The van der Waals surface area contributed by atoms with E-state index < -0.39 is 14.0 Å². The molecule has 0 bridgehead atoms. The number of aromatic amines is 1. The van der Waals surface area contributed by atoms with Crippen LogP contribution in [0.5, 0.6) is 0 Å². The standard InChI is InChI=1S/C23H28N6O.C15H24N2O3Si.C14H20N4.CH4/c1-28(2)9-8-21(15-6-4-3-5-7-15)29-14-18(13-24-29)25-23(30)22-19-11-16-10-17(16)12-20(19)26-27-22;1-21(2,3)5-4-20-9-17-13-8-11-6-10(11)7-12(13)14(16-17)15(18)19;1-17(2)9-8-14(12-6-4-3-5-7-12)18-11-13(15)10-16-18;/h3-7,13-14,16-17,21H,8-12H2,1-2H3,(H,25,30)(H,26,27);10-11H,4-9H2,1-3H3,(H,18,19);3-7,10-11,14H,8-9,15H2,1-2H3;1H4. The molecule has 10 rings (SSSR count). The number of aromatic nitrogens is 8. The van der Waals surface area contributed by atoms with Crippen molar-refractivity contribution >= 4 is 31.3 Å². The summed E-state index contributed by atoms with van der Waals surface area (Å²) in [6, 6.07) is 22.3. The molecule has 4 aromatic heterocycles. The molecular weight excluding hydrogens is 897 g/mol. The molecule has 2 fully saturated rings. The van der Waals surface area contributed by atoms with Crippen LogP contribution in [-0.4, -0.2) is 122 Å². The van der Waals surface area contributed by atoms with Gasteiger partial charge >= 0.3 is 5.97 Å². The Balaban J connectivity index is 0.000000160. The van der Waals surface area contributed by atoms with E-state index in [-0.39, 0.29) is 31.1 Å². The molecule has 16 nitrogen and oxygen atoms in total. The third-order valence-corrected chi connectivity index (χ3v) is 15.6. The number of H-pyrrole nitrogens is 1. The minimum absolute atomic E-state index is 0. The molecule has 4 aliphatic rings. The minimum Gasteiger partial charge on any atom is -0.476 e. The average molecular weight is 973 g/mol. The number of carboxylic acid groups (broad SMARTS) is 1. The zero-order valence-corrected chi connectivity index (χ0v) is 42.5. The molecule has 0 saturated heterocycles. The van der Waals surface area contributed by atoms with Crippen molar-refractivity contribution in [2.24, 2.45) is 23.7 Å². The Morgan fingerprint density at radius 3 is 1.91 bits per heavy atom. The van der Waals surface area contributed by atoms with Crippen molar-refractivity contribution in [3.8, 4) is 0 Å². The second-order valence-corrected chi connectivity index (χ2v) is 26.9. The molecule has 6 aromatic rings. The number of benzene rings is 2. The lowest BCUT2D eigenvalue weighted by molar-refractivity contribution is 0.0668. The van der Waals surface area contributed by atoms with Crippen LogP contribution in [0.2, 0.25) is 25.7 Å². The molecule has 0 radical (unpaired) electrons. The topological polar surface area (TPSA) is 190 Å². The van der Waals surface area contributed by atoms with Gasteiger partial charge in [0, 0.05) is 49.6 Å². The first kappa shape index (κ1) is 52.0. The molecule has 4 heterocycles. The van der Waals surface area contributed by atoms with Crippen LogP contribution in [0.4, 0.5) is 11.4 Å². The van der Waals surface area contributed by atoms with Gasteiger partial charge < -0.3 is 30.7 Å². The van der Waals surface area contributed by atoms with Gasteiger partial charge in [0.25, 0.3) is 5.91 Å². The zero-order valence-electron chi connectivity index (χ0n) is 41.5. The van der Waals surface area contributed by atoms with Gasteiger partial charge in [0.1, 0.15) is 6.73 Å². The average Bonchev–Trinajstić information content (AvgIpc) is 3.97. The number of carbonyl (C=O) groups is 2. The molecule has 6 atom stereocenters. The molecular formula is C53H76N12O4Si. The van der Waals surface area contributed by atoms with E-state index in [9.17, 15) is 14.7 Å². The van der Waals surface area contributed by atoms with E-state index in [4.69, 9.17) is 10.5 Å². The Kier molecular flexibility index (Phi) is 17.0. The van der Waals surface area contributed by atoms with E-state index in [1.165, 1.54) is 24.0 Å². The summed E-state index contributed by atoms with van der Waals surface area (Å²) in [5.41, 5.74) is 14.7. The highest BCUT2D eigenvalue weighted by Gasteiger charge is 2.45. The Morgan fingerprint density at radius 1 is 0.800 bits per heavy atom. The summed E-state index contributed by atoms with van der Waals surface area (Å²) in [4.78, 5) is 28.6. The summed E-state index contributed by atoms with van der Waals surface area (Å²) in [6.07, 6.45) is 15.6. The smallest absolute Gasteiger partial charge is 0.356 e. The number of hydrogen-bond donors (Lipinski definition) is 4. The third-order valence-electron chi connectivity index (χ3n) is 13.9. The number of fused-ring (bicyclic) bond motifs is 4. The number of carboxylic acids is 1. The lowest BCUT2D eigenvalue weighted by atomic mass is 9.96. The number of nitrogens with zero attached hydrogens (tertiary/aromatic N) is 9. The number of rotatable bonds is 18. The Morgan fingerprint density at radius 2 is 1.36 bits per heavy atom. The molecule has 4 aliphatic carbocycles. The summed E-state index contributed by atoms with van der Waals surface area (Å²) < 4.78 is 11.4. The van der Waals surface area contributed by atoms with Crippen LogP contribution < -0.4 is 11.1 Å². The van der Waals surface area contributed by atoms with Gasteiger partial charge in [-0.25, -0.2) is 9.48 Å². The molecule has 6 unspecified atom stereocenters. The van der Waals surface area contributed by atoms with Crippen molar-refractivity contribution in [1.29, 1.82) is 0 Å². The number of aromatic carboxylic acids is 1. The minimum atomic E-state index is -1.09. The summed E-state index contributed by atoms with van der Waals surface area (Å²) in [7, 11) is 7.23. The number of ether oxygens (including phenoxy) is 1. The largest absolute Gasteiger partial charge is 0.476 e. The van der Waals surface area contributed by atoms with Crippen LogP contribution >= 0.6 is 0 Å².